The monoisotopic (exact) mass is 249 g/mol. The van der Waals surface area contributed by atoms with Gasteiger partial charge in [-0.1, -0.05) is 6.07 Å². The van der Waals surface area contributed by atoms with E-state index in [0.29, 0.717) is 5.56 Å². The minimum Gasteiger partial charge on any atom is -0.386 e. The lowest BCUT2D eigenvalue weighted by Gasteiger charge is -2.12. The van der Waals surface area contributed by atoms with E-state index in [9.17, 15) is 13.9 Å². The third-order valence-electron chi connectivity index (χ3n) is 2.83. The molecule has 1 unspecified atom stereocenters. The predicted molar refractivity (Wildman–Crippen MR) is 64.0 cm³/mol. The summed E-state index contributed by atoms with van der Waals surface area (Å²) in [6, 6.07) is 7.03. The maximum atomic E-state index is 13.4. The lowest BCUT2D eigenvalue weighted by molar-refractivity contribution is 0.168. The third kappa shape index (κ3) is 2.71. The molecule has 4 heteroatoms. The molecule has 0 fully saturated rings. The zero-order chi connectivity index (χ0) is 13.1. The maximum absolute atomic E-state index is 13.4. The van der Waals surface area contributed by atoms with Crippen molar-refractivity contribution >= 4 is 0 Å². The van der Waals surface area contributed by atoms with Crippen molar-refractivity contribution in [1.29, 1.82) is 0 Å². The van der Waals surface area contributed by atoms with E-state index < -0.39 is 11.9 Å². The molecular weight excluding hydrogens is 236 g/mol. The van der Waals surface area contributed by atoms with Gasteiger partial charge in [0, 0.05) is 12.6 Å². The number of hydrogen-bond donors (Lipinski definition) is 1. The molecule has 18 heavy (non-hydrogen) atoms. The standard InChI is InChI=1S/C14H13F2NO/c1-9-4-5-11(15)7-10(9)8-13(18)14-12(16)3-2-6-17-14/h2-7,13,18H,8H2,1H3. The van der Waals surface area contributed by atoms with E-state index in [1.165, 1.54) is 30.5 Å². The molecule has 1 aromatic carbocycles. The van der Waals surface area contributed by atoms with Gasteiger partial charge in [-0.05, 0) is 42.3 Å². The van der Waals surface area contributed by atoms with E-state index >= 15 is 0 Å². The second-order valence-electron chi connectivity index (χ2n) is 4.16. The van der Waals surface area contributed by atoms with Gasteiger partial charge in [0.25, 0.3) is 0 Å². The Morgan fingerprint density at radius 1 is 1.28 bits per heavy atom. The van der Waals surface area contributed by atoms with E-state index in [0.717, 1.165) is 5.56 Å². The van der Waals surface area contributed by atoms with Gasteiger partial charge in [-0.3, -0.25) is 4.98 Å². The van der Waals surface area contributed by atoms with Crippen LogP contribution < -0.4 is 0 Å². The maximum Gasteiger partial charge on any atom is 0.147 e. The van der Waals surface area contributed by atoms with Crippen molar-refractivity contribution in [1.82, 2.24) is 4.98 Å². The van der Waals surface area contributed by atoms with E-state index in [4.69, 9.17) is 0 Å². The summed E-state index contributed by atoms with van der Waals surface area (Å²) in [5.74, 6) is -0.927. The summed E-state index contributed by atoms with van der Waals surface area (Å²) in [5, 5.41) is 9.95. The highest BCUT2D eigenvalue weighted by molar-refractivity contribution is 5.28. The molecule has 0 saturated heterocycles. The Bertz CT molecular complexity index is 557. The second-order valence-corrected chi connectivity index (χ2v) is 4.16. The lowest BCUT2D eigenvalue weighted by atomic mass is 10.0. The zero-order valence-corrected chi connectivity index (χ0v) is 9.90. The Morgan fingerprint density at radius 3 is 2.78 bits per heavy atom. The average Bonchev–Trinajstić information content (AvgIpc) is 2.34. The van der Waals surface area contributed by atoms with E-state index in [2.05, 4.69) is 4.98 Å². The average molecular weight is 249 g/mol. The SMILES string of the molecule is Cc1ccc(F)cc1CC(O)c1ncccc1F. The van der Waals surface area contributed by atoms with Gasteiger partial charge in [0.1, 0.15) is 23.4 Å². The van der Waals surface area contributed by atoms with Crippen molar-refractivity contribution in [3.8, 4) is 0 Å². The molecule has 2 nitrogen and oxygen atoms in total. The summed E-state index contributed by atoms with van der Waals surface area (Å²) in [5.41, 5.74) is 1.49. The van der Waals surface area contributed by atoms with Gasteiger partial charge in [0.05, 0.1) is 0 Å². The largest absolute Gasteiger partial charge is 0.386 e. The van der Waals surface area contributed by atoms with Crippen molar-refractivity contribution < 1.29 is 13.9 Å². The molecule has 0 amide bonds. The fourth-order valence-corrected chi connectivity index (χ4v) is 1.81. The molecule has 2 aromatic rings. The number of hydrogen-bond acceptors (Lipinski definition) is 2. The smallest absolute Gasteiger partial charge is 0.147 e. The third-order valence-corrected chi connectivity index (χ3v) is 2.83. The quantitative estimate of drug-likeness (QED) is 0.907. The minimum atomic E-state index is -1.08. The van der Waals surface area contributed by atoms with Crippen LogP contribution in [0.3, 0.4) is 0 Å². The molecule has 0 bridgehead atoms. The number of nitrogens with zero attached hydrogens (tertiary/aromatic N) is 1. The molecule has 0 radical (unpaired) electrons. The van der Waals surface area contributed by atoms with Gasteiger partial charge >= 0.3 is 0 Å². The molecule has 1 N–H and O–H groups in total. The van der Waals surface area contributed by atoms with Gasteiger partial charge in [0.2, 0.25) is 0 Å². The Balaban J connectivity index is 2.24. The fraction of sp³-hybridized carbons (Fsp3) is 0.214. The molecule has 1 aromatic heterocycles. The summed E-state index contributed by atoms with van der Waals surface area (Å²) < 4.78 is 26.5. The number of aliphatic hydroxyl groups is 1. The molecular formula is C14H13F2NO. The van der Waals surface area contributed by atoms with Gasteiger partial charge < -0.3 is 5.11 Å². The van der Waals surface area contributed by atoms with Crippen LogP contribution >= 0.6 is 0 Å². The van der Waals surface area contributed by atoms with Crippen LogP contribution in [-0.4, -0.2) is 10.1 Å². The summed E-state index contributed by atoms with van der Waals surface area (Å²) in [6.07, 6.45) is 0.476. The molecule has 0 aliphatic rings. The summed E-state index contributed by atoms with van der Waals surface area (Å²) in [7, 11) is 0. The van der Waals surface area contributed by atoms with Crippen LogP contribution in [0.2, 0.25) is 0 Å². The molecule has 0 aliphatic carbocycles. The Kier molecular flexibility index (Phi) is 3.67. The van der Waals surface area contributed by atoms with Crippen LogP contribution in [0.4, 0.5) is 8.78 Å². The summed E-state index contributed by atoms with van der Waals surface area (Å²) in [6.45, 7) is 1.82. The zero-order valence-electron chi connectivity index (χ0n) is 9.90. The second kappa shape index (κ2) is 5.23. The molecule has 1 heterocycles. The Hall–Kier alpha value is -1.81. The first-order chi connectivity index (χ1) is 8.58. The van der Waals surface area contributed by atoms with Crippen LogP contribution in [0.5, 0.6) is 0 Å². The minimum absolute atomic E-state index is 0.0128. The van der Waals surface area contributed by atoms with Gasteiger partial charge in [-0.15, -0.1) is 0 Å². The first kappa shape index (κ1) is 12.6. The highest BCUT2D eigenvalue weighted by atomic mass is 19.1. The highest BCUT2D eigenvalue weighted by Gasteiger charge is 2.15. The normalized spacial score (nSPS) is 12.4. The number of rotatable bonds is 3. The van der Waals surface area contributed by atoms with Gasteiger partial charge in [0.15, 0.2) is 0 Å². The first-order valence-corrected chi connectivity index (χ1v) is 5.61. The van der Waals surface area contributed by atoms with E-state index in [1.807, 2.05) is 6.92 Å². The number of aromatic nitrogens is 1. The van der Waals surface area contributed by atoms with E-state index in [-0.39, 0.29) is 17.9 Å². The summed E-state index contributed by atoms with van der Waals surface area (Å²) in [4.78, 5) is 3.81. The molecule has 1 atom stereocenters. The number of benzene rings is 1. The summed E-state index contributed by atoms with van der Waals surface area (Å²) >= 11 is 0. The number of halogens is 2. The fourth-order valence-electron chi connectivity index (χ4n) is 1.81. The van der Waals surface area contributed by atoms with Gasteiger partial charge in [-0.25, -0.2) is 8.78 Å². The van der Waals surface area contributed by atoms with Crippen LogP contribution in [0, 0.1) is 18.6 Å². The predicted octanol–water partition coefficient (Wildman–Crippen LogP) is 2.94. The number of aryl methyl sites for hydroxylation is 1. The van der Waals surface area contributed by atoms with Crippen molar-refractivity contribution in [3.63, 3.8) is 0 Å². The van der Waals surface area contributed by atoms with Crippen molar-refractivity contribution in [2.24, 2.45) is 0 Å². The molecule has 0 saturated carbocycles. The Labute approximate surface area is 104 Å². The number of pyridine rings is 1. The van der Waals surface area contributed by atoms with Crippen LogP contribution in [0.1, 0.15) is 22.9 Å². The Morgan fingerprint density at radius 2 is 2.06 bits per heavy atom. The number of aliphatic hydroxyl groups excluding tert-OH is 1. The lowest BCUT2D eigenvalue weighted by Crippen LogP contribution is -2.07. The molecule has 0 aliphatic heterocycles. The van der Waals surface area contributed by atoms with Crippen molar-refractivity contribution in [2.45, 2.75) is 19.4 Å². The topological polar surface area (TPSA) is 33.1 Å². The van der Waals surface area contributed by atoms with Crippen LogP contribution in [0.25, 0.3) is 0 Å². The van der Waals surface area contributed by atoms with Gasteiger partial charge in [-0.2, -0.15) is 0 Å². The van der Waals surface area contributed by atoms with Crippen molar-refractivity contribution in [3.05, 3.63) is 65.0 Å². The van der Waals surface area contributed by atoms with E-state index in [1.54, 1.807) is 6.07 Å². The first-order valence-electron chi connectivity index (χ1n) is 5.61. The molecule has 94 valence electrons. The molecule has 0 spiro atoms. The van der Waals surface area contributed by atoms with Crippen LogP contribution in [-0.2, 0) is 6.42 Å². The molecule has 2 rings (SSSR count). The van der Waals surface area contributed by atoms with Crippen LogP contribution in [0.15, 0.2) is 36.5 Å². The van der Waals surface area contributed by atoms with Crippen molar-refractivity contribution in [2.75, 3.05) is 0 Å². The highest BCUT2D eigenvalue weighted by Crippen LogP contribution is 2.21.